The molecule has 1 aliphatic heterocycles. The third kappa shape index (κ3) is 5.79. The molecule has 1 aromatic rings. The first-order valence-corrected chi connectivity index (χ1v) is 7.83. The first-order chi connectivity index (χ1) is 10.8. The summed E-state index contributed by atoms with van der Waals surface area (Å²) in [6.45, 7) is 0.481. The summed E-state index contributed by atoms with van der Waals surface area (Å²) >= 11 is 0. The number of rotatable bonds is 0. The second kappa shape index (κ2) is 9.11. The summed E-state index contributed by atoms with van der Waals surface area (Å²) in [4.78, 5) is 11.5. The maximum Gasteiger partial charge on any atom is 0.305 e. The van der Waals surface area contributed by atoms with Gasteiger partial charge in [0, 0.05) is 12.8 Å². The van der Waals surface area contributed by atoms with Crippen LogP contribution in [0.15, 0.2) is 28.7 Å². The number of aliphatic hydroxyl groups excluding tert-OH is 1. The van der Waals surface area contributed by atoms with Crippen LogP contribution in [0.25, 0.3) is 0 Å². The molecule has 0 radical (unpaired) electrons. The van der Waals surface area contributed by atoms with Crippen LogP contribution in [0, 0.1) is 11.8 Å². The first kappa shape index (κ1) is 16.4. The van der Waals surface area contributed by atoms with Gasteiger partial charge in [-0.1, -0.05) is 18.1 Å². The van der Waals surface area contributed by atoms with E-state index in [9.17, 15) is 9.90 Å². The average molecular weight is 302 g/mol. The van der Waals surface area contributed by atoms with Crippen molar-refractivity contribution < 1.29 is 19.1 Å². The van der Waals surface area contributed by atoms with Crippen LogP contribution >= 0.6 is 0 Å². The largest absolute Gasteiger partial charge is 0.466 e. The minimum Gasteiger partial charge on any atom is -0.466 e. The fourth-order valence-electron chi connectivity index (χ4n) is 2.15. The Morgan fingerprint density at radius 3 is 3.00 bits per heavy atom. The molecule has 4 nitrogen and oxygen atoms in total. The third-order valence-electron chi connectivity index (χ3n) is 3.40. The predicted octanol–water partition coefficient (Wildman–Crippen LogP) is 3.51. The molecule has 0 fully saturated rings. The van der Waals surface area contributed by atoms with E-state index in [1.807, 2.05) is 12.2 Å². The van der Waals surface area contributed by atoms with E-state index in [4.69, 9.17) is 9.15 Å². The summed E-state index contributed by atoms with van der Waals surface area (Å²) in [6.07, 6.45) is 8.33. The van der Waals surface area contributed by atoms with Crippen LogP contribution in [-0.4, -0.2) is 17.7 Å². The molecule has 0 aliphatic carbocycles. The van der Waals surface area contributed by atoms with Crippen LogP contribution in [0.4, 0.5) is 0 Å². The van der Waals surface area contributed by atoms with E-state index >= 15 is 0 Å². The summed E-state index contributed by atoms with van der Waals surface area (Å²) in [5.74, 6) is 6.81. The van der Waals surface area contributed by atoms with E-state index in [-0.39, 0.29) is 5.97 Å². The van der Waals surface area contributed by atoms with Crippen LogP contribution in [-0.2, 0) is 9.53 Å². The molecule has 2 heterocycles. The summed E-state index contributed by atoms with van der Waals surface area (Å²) in [5, 5.41) is 10.0. The third-order valence-corrected chi connectivity index (χ3v) is 3.40. The van der Waals surface area contributed by atoms with Gasteiger partial charge in [0.15, 0.2) is 5.76 Å². The normalized spacial score (nSPS) is 22.6. The minimum absolute atomic E-state index is 0.151. The Morgan fingerprint density at radius 1 is 1.18 bits per heavy atom. The number of cyclic esters (lactones) is 1. The molecule has 1 atom stereocenters. The Labute approximate surface area is 131 Å². The number of fused-ring (bicyclic) bond motifs is 2. The molecule has 0 saturated carbocycles. The lowest BCUT2D eigenvalue weighted by Crippen LogP contribution is -2.05. The topological polar surface area (TPSA) is 59.7 Å². The van der Waals surface area contributed by atoms with Crippen molar-refractivity contribution in [3.63, 3.8) is 0 Å². The van der Waals surface area contributed by atoms with E-state index in [0.29, 0.717) is 43.8 Å². The van der Waals surface area contributed by atoms with E-state index in [1.165, 1.54) is 0 Å². The molecule has 2 rings (SSSR count). The lowest BCUT2D eigenvalue weighted by atomic mass is 10.1. The summed E-state index contributed by atoms with van der Waals surface area (Å²) in [6, 6.07) is 3.52. The molecule has 1 N–H and O–H groups in total. The molecule has 22 heavy (non-hydrogen) atoms. The number of carbonyl (C=O) groups is 1. The number of furan rings is 1. The van der Waals surface area contributed by atoms with Crippen molar-refractivity contribution in [1.82, 2.24) is 0 Å². The summed E-state index contributed by atoms with van der Waals surface area (Å²) < 4.78 is 10.7. The molecule has 0 aromatic carbocycles. The van der Waals surface area contributed by atoms with Crippen molar-refractivity contribution in [2.45, 2.75) is 51.0 Å². The summed E-state index contributed by atoms with van der Waals surface area (Å²) in [7, 11) is 0. The molecule has 2 bridgehead atoms. The van der Waals surface area contributed by atoms with Gasteiger partial charge in [-0.2, -0.15) is 0 Å². The molecule has 0 spiro atoms. The van der Waals surface area contributed by atoms with Crippen LogP contribution in [0.5, 0.6) is 0 Å². The standard InChI is InChI=1S/C18H22O4/c19-16-10-6-2-1-3-8-14-21-18(20)11-7-4-5-9-15-12-13-17(16)22-15/h2,6,12-13,16,19H,1,3-4,7-8,10-11,14H2/b6-2-. The number of carbonyl (C=O) groups excluding carboxylic acids is 1. The van der Waals surface area contributed by atoms with Gasteiger partial charge in [-0.05, 0) is 50.2 Å². The molecular formula is C18H22O4. The monoisotopic (exact) mass is 302 g/mol. The summed E-state index contributed by atoms with van der Waals surface area (Å²) in [5.41, 5.74) is 0. The van der Waals surface area contributed by atoms with Crippen molar-refractivity contribution in [2.24, 2.45) is 0 Å². The number of allylic oxidation sites excluding steroid dienone is 1. The van der Waals surface area contributed by atoms with Gasteiger partial charge in [-0.15, -0.1) is 0 Å². The van der Waals surface area contributed by atoms with Crippen molar-refractivity contribution in [3.05, 3.63) is 35.8 Å². The van der Waals surface area contributed by atoms with Gasteiger partial charge < -0.3 is 14.3 Å². The Balaban J connectivity index is 1.97. The second-order valence-corrected chi connectivity index (χ2v) is 5.30. The zero-order valence-corrected chi connectivity index (χ0v) is 12.7. The van der Waals surface area contributed by atoms with Gasteiger partial charge in [0.1, 0.15) is 11.9 Å². The Kier molecular flexibility index (Phi) is 6.79. The van der Waals surface area contributed by atoms with Crippen molar-refractivity contribution >= 4 is 5.97 Å². The van der Waals surface area contributed by atoms with Gasteiger partial charge in [0.2, 0.25) is 0 Å². The fourth-order valence-corrected chi connectivity index (χ4v) is 2.15. The molecule has 1 aromatic heterocycles. The smallest absolute Gasteiger partial charge is 0.305 e. The number of ether oxygens (including phenoxy) is 1. The molecule has 0 amide bonds. The Bertz CT molecular complexity index is 559. The zero-order chi connectivity index (χ0) is 15.6. The SMILES string of the molecule is O=C1CCCC#Cc2ccc(o2)C(O)C/C=C\CCCCO1. The number of aliphatic hydroxyl groups is 1. The van der Waals surface area contributed by atoms with Crippen LogP contribution < -0.4 is 0 Å². The molecule has 1 unspecified atom stereocenters. The van der Waals surface area contributed by atoms with Gasteiger partial charge in [-0.25, -0.2) is 0 Å². The number of hydrogen-bond acceptors (Lipinski definition) is 4. The predicted molar refractivity (Wildman–Crippen MR) is 83.0 cm³/mol. The molecular weight excluding hydrogens is 280 g/mol. The molecule has 1 aliphatic rings. The first-order valence-electron chi connectivity index (χ1n) is 7.83. The van der Waals surface area contributed by atoms with Crippen molar-refractivity contribution in [3.8, 4) is 11.8 Å². The van der Waals surface area contributed by atoms with Crippen LogP contribution in [0.1, 0.15) is 62.6 Å². The van der Waals surface area contributed by atoms with E-state index in [2.05, 4.69) is 11.8 Å². The highest BCUT2D eigenvalue weighted by Gasteiger charge is 2.10. The fraction of sp³-hybridized carbons (Fsp3) is 0.500. The van der Waals surface area contributed by atoms with Gasteiger partial charge in [0.25, 0.3) is 0 Å². The highest BCUT2D eigenvalue weighted by Crippen LogP contribution is 2.20. The maximum absolute atomic E-state index is 11.5. The highest BCUT2D eigenvalue weighted by atomic mass is 16.5. The molecule has 4 heteroatoms. The quantitative estimate of drug-likeness (QED) is 0.452. The average Bonchev–Trinajstić information content (AvgIpc) is 2.97. The van der Waals surface area contributed by atoms with Crippen molar-refractivity contribution in [2.75, 3.05) is 6.61 Å². The number of esters is 1. The van der Waals surface area contributed by atoms with Gasteiger partial charge in [-0.3, -0.25) is 4.79 Å². The van der Waals surface area contributed by atoms with E-state index in [1.54, 1.807) is 12.1 Å². The molecule has 0 saturated heterocycles. The minimum atomic E-state index is -0.633. The lowest BCUT2D eigenvalue weighted by Gasteiger charge is -2.04. The highest BCUT2D eigenvalue weighted by molar-refractivity contribution is 5.69. The maximum atomic E-state index is 11.5. The Morgan fingerprint density at radius 2 is 2.09 bits per heavy atom. The van der Waals surface area contributed by atoms with Gasteiger partial charge in [0.05, 0.1) is 6.61 Å². The van der Waals surface area contributed by atoms with E-state index in [0.717, 1.165) is 19.3 Å². The van der Waals surface area contributed by atoms with Crippen molar-refractivity contribution in [1.29, 1.82) is 0 Å². The van der Waals surface area contributed by atoms with Crippen LogP contribution in [0.2, 0.25) is 0 Å². The van der Waals surface area contributed by atoms with Crippen LogP contribution in [0.3, 0.4) is 0 Å². The van der Waals surface area contributed by atoms with E-state index < -0.39 is 6.10 Å². The number of hydrogen-bond donors (Lipinski definition) is 1. The Hall–Kier alpha value is -1.99. The molecule has 118 valence electrons. The van der Waals surface area contributed by atoms with Gasteiger partial charge >= 0.3 is 5.97 Å². The second-order valence-electron chi connectivity index (χ2n) is 5.30. The zero-order valence-electron chi connectivity index (χ0n) is 12.7. The lowest BCUT2D eigenvalue weighted by molar-refractivity contribution is -0.143.